The molecule has 4 N–H and O–H groups in total. The maximum atomic E-state index is 13.4. The molecule has 33 heteroatoms. The number of carbonyl (C=O) groups is 2. The Hall–Kier alpha value is -5.39. The van der Waals surface area contributed by atoms with Crippen molar-refractivity contribution in [3.05, 3.63) is 156 Å². The van der Waals surface area contributed by atoms with Gasteiger partial charge in [0, 0.05) is 130 Å². The van der Waals surface area contributed by atoms with Crippen LogP contribution in [-0.2, 0) is 38.6 Å². The molecule has 0 bridgehead atoms. The average molecular weight is 1870 g/mol. The molecule has 9 aromatic heterocycles. The number of aromatic amines is 1. The van der Waals surface area contributed by atoms with Gasteiger partial charge < -0.3 is 53.3 Å². The van der Waals surface area contributed by atoms with E-state index in [0.717, 1.165) is 99.1 Å². The summed E-state index contributed by atoms with van der Waals surface area (Å²) >= 11 is 8.85. The Labute approximate surface area is 634 Å². The molecule has 3 aliphatic heterocycles. The van der Waals surface area contributed by atoms with E-state index in [1.807, 2.05) is 95.6 Å². The minimum atomic E-state index is -4.49. The molecule has 3 saturated heterocycles. The van der Waals surface area contributed by atoms with E-state index in [2.05, 4.69) is 141 Å². The summed E-state index contributed by atoms with van der Waals surface area (Å²) in [5.74, 6) is 1.38. The number of alkyl halides is 6. The molecule has 0 aliphatic carbocycles. The number of aryl methyl sites for hydroxylation is 2. The number of benzene rings is 2. The Morgan fingerprint density at radius 1 is 0.571 bits per heavy atom. The third-order valence-electron chi connectivity index (χ3n) is 17.8. The smallest absolute Gasteiger partial charge is 0.345 e. The van der Waals surface area contributed by atoms with Gasteiger partial charge in [-0.1, -0.05) is 151 Å². The summed E-state index contributed by atoms with van der Waals surface area (Å²) < 4.78 is 100. The molecular formula is C65H77F3I4N17O6S2V-. The fourth-order valence-corrected chi connectivity index (χ4v) is 15.6. The number of rotatable bonds is 12. The summed E-state index contributed by atoms with van der Waals surface area (Å²) in [5, 5.41) is 8.32. The number of likely N-dealkylation sites (tertiary alicyclic amines) is 2. The molecule has 23 nitrogen and oxygen atoms in total. The first-order valence-corrected chi connectivity index (χ1v) is 39.2. The van der Waals surface area contributed by atoms with Crippen molar-refractivity contribution in [2.75, 3.05) is 52.4 Å². The minimum absolute atomic E-state index is 0. The van der Waals surface area contributed by atoms with Crippen LogP contribution in [0.4, 0.5) is 22.8 Å². The van der Waals surface area contributed by atoms with Crippen molar-refractivity contribution in [1.29, 1.82) is 0 Å². The van der Waals surface area contributed by atoms with Gasteiger partial charge in [0.25, 0.3) is 20.0 Å². The largest absolute Gasteiger partial charge is 0.405 e. The Morgan fingerprint density at radius 2 is 0.980 bits per heavy atom. The number of nitrogens with one attached hydrogen (secondary N) is 4. The Morgan fingerprint density at radius 3 is 1.40 bits per heavy atom. The van der Waals surface area contributed by atoms with Crippen LogP contribution < -0.4 is 16.0 Å². The summed E-state index contributed by atoms with van der Waals surface area (Å²) in [6.45, 7) is 15.3. The monoisotopic (exact) mass is 1870 g/mol. The van der Waals surface area contributed by atoms with Crippen LogP contribution in [0.3, 0.4) is 0 Å². The van der Waals surface area contributed by atoms with Crippen LogP contribution in [0.15, 0.2) is 132 Å². The number of nitrogens with zero attached hydrogens (tertiary/aromatic N) is 13. The third kappa shape index (κ3) is 16.6. The second-order valence-corrected chi connectivity index (χ2v) is 38.1. The van der Waals surface area contributed by atoms with E-state index < -0.39 is 38.8 Å². The SMILES string of the molecule is C.CCNC(=O)N1C[C@@H](CC)[C@@H](c2cnc3cnc4[nH]ccc4n23)C1.CC[C@@H]1CN(C(=O)NCC(F)(F)F)C[C@@H]1c1cnc2cnc3c(ccn3S(=O)(=O)c3ccc(C)cc3)n12.CC[C@@H]1CNC[C@@H]1c1cnc2cnc3c(ccn3S(=O)(=O)c3ccc(C)cc3)n12.IC(I)I.[CH2-]I.[V]. The molecule has 0 saturated carbocycles. The molecule has 2 aromatic carbocycles. The van der Waals surface area contributed by atoms with Crippen molar-refractivity contribution in [3.8, 4) is 0 Å². The normalized spacial score (nSPS) is 18.6. The van der Waals surface area contributed by atoms with Gasteiger partial charge in [0.05, 0.1) is 44.9 Å². The predicted octanol–water partition coefficient (Wildman–Crippen LogP) is 13.7. The van der Waals surface area contributed by atoms with Crippen molar-refractivity contribution in [3.63, 3.8) is 0 Å². The van der Waals surface area contributed by atoms with Gasteiger partial charge in [0.1, 0.15) is 6.48 Å². The van der Waals surface area contributed by atoms with Gasteiger partial charge in [-0.3, -0.25) is 18.1 Å². The van der Waals surface area contributed by atoms with E-state index in [-0.39, 0.29) is 71.8 Å². The first-order chi connectivity index (χ1) is 45.9. The van der Waals surface area contributed by atoms with Crippen LogP contribution in [0, 0.1) is 36.5 Å². The third-order valence-corrected chi connectivity index (χ3v) is 21.2. The Balaban J connectivity index is 0.000000182. The van der Waals surface area contributed by atoms with E-state index in [0.29, 0.717) is 54.1 Å². The minimum Gasteiger partial charge on any atom is -0.345 e. The van der Waals surface area contributed by atoms with E-state index >= 15 is 0 Å². The van der Waals surface area contributed by atoms with E-state index in [4.69, 9.17) is 0 Å². The number of hydrogen-bond donors (Lipinski definition) is 4. The van der Waals surface area contributed by atoms with Crippen molar-refractivity contribution in [2.24, 2.45) is 17.8 Å². The van der Waals surface area contributed by atoms with Crippen LogP contribution >= 0.6 is 90.4 Å². The van der Waals surface area contributed by atoms with Gasteiger partial charge in [-0.25, -0.2) is 64.3 Å². The number of hydrogen-bond acceptors (Lipinski definition) is 13. The number of urea groups is 2. The van der Waals surface area contributed by atoms with E-state index in [1.165, 1.54) is 21.3 Å². The zero-order chi connectivity index (χ0) is 69.0. The van der Waals surface area contributed by atoms with Crippen molar-refractivity contribution in [1.82, 2.24) is 81.8 Å². The van der Waals surface area contributed by atoms with Gasteiger partial charge in [-0.05, 0) is 87.5 Å². The molecule has 6 atom stereocenters. The van der Waals surface area contributed by atoms with Crippen LogP contribution in [0.25, 0.3) is 50.4 Å². The summed E-state index contributed by atoms with van der Waals surface area (Å²) in [7, 11) is -7.64. The average Bonchev–Trinajstić information content (AvgIpc) is 1.59. The molecule has 3 aliphatic rings. The maximum Gasteiger partial charge on any atom is 0.405 e. The van der Waals surface area contributed by atoms with E-state index in [9.17, 15) is 39.6 Å². The second kappa shape index (κ2) is 33.6. The number of halogens is 7. The first kappa shape index (κ1) is 78.3. The molecule has 14 rings (SSSR count). The predicted molar refractivity (Wildman–Crippen MR) is 405 cm³/mol. The molecular weight excluding hydrogens is 1790 g/mol. The molecule has 3 fully saturated rings. The number of imidazole rings is 3. The zero-order valence-electron chi connectivity index (χ0n) is 53.7. The first-order valence-electron chi connectivity index (χ1n) is 31.1. The fraction of sp³-hybridized carbons (Fsp3) is 0.400. The summed E-state index contributed by atoms with van der Waals surface area (Å²) in [6.07, 6.45) is 13.7. The fourth-order valence-electron chi connectivity index (χ4n) is 13.0. The number of amides is 4. The summed E-state index contributed by atoms with van der Waals surface area (Å²) in [6, 6.07) is 18.1. The van der Waals surface area contributed by atoms with Crippen molar-refractivity contribution < 1.29 is 58.2 Å². The van der Waals surface area contributed by atoms with Crippen molar-refractivity contribution in [2.45, 2.75) is 102 Å². The zero-order valence-corrected chi connectivity index (χ0v) is 65.4. The van der Waals surface area contributed by atoms with Crippen molar-refractivity contribution >= 4 is 173 Å². The number of aromatic nitrogens is 12. The molecule has 0 spiro atoms. The molecule has 1 radical (unpaired) electrons. The number of fused-ring (bicyclic) bond motifs is 9. The molecule has 0 unspecified atom stereocenters. The Bertz CT molecular complexity index is 4780. The van der Waals surface area contributed by atoms with E-state index in [1.54, 1.807) is 79.4 Å². The molecule has 525 valence electrons. The molecule has 12 heterocycles. The van der Waals surface area contributed by atoms with Crippen LogP contribution in [0.2, 0.25) is 0 Å². The van der Waals surface area contributed by atoms with Gasteiger partial charge in [0.2, 0.25) is 0 Å². The van der Waals surface area contributed by atoms with Gasteiger partial charge in [0.15, 0.2) is 33.9 Å². The maximum absolute atomic E-state index is 13.4. The van der Waals surface area contributed by atoms with Crippen LogP contribution in [-0.4, -0.2) is 153 Å². The van der Waals surface area contributed by atoms with Gasteiger partial charge in [-0.15, -0.1) is 0 Å². The Kier molecular flexibility index (Phi) is 26.9. The van der Waals surface area contributed by atoms with Crippen LogP contribution in [0.1, 0.15) is 100 Å². The molecule has 98 heavy (non-hydrogen) atoms. The summed E-state index contributed by atoms with van der Waals surface area (Å²) in [5.41, 5.74) is 10.8. The molecule has 11 aromatic rings. The standard InChI is InChI=1S/C24H25F3N6O3S.C21H23N5O2S.C17H22N6O.CHI3.CH2I.CH4.V/c1-3-16-12-31(23(34)30-14-24(25,26)27)13-18(16)20-10-28-21-11-29-22-19(33(20)21)8-9-32(22)37(35,36)17-6-4-15(2)5-7-17;1-3-15-10-22-11-17(15)19-12-23-20-13-24-21-18(26(19)20)8-9-25(21)29(27,28)16-6-4-14(2)5-7-16;1-3-11-9-22(17(24)18-4-2)10-12(11)14-7-20-15-8-21-16-13(23(14)15)5-6-19-16;2-1(3)4;1-2;;/h4-11,16,18H,3,12-14H2,1-2H3,(H,30,34);4-9,12-13,15,17,22H,3,10-11H2,1-2H3;5-8,11-12,19H,3-4,9-10H2,1-2H3,(H,18,24);1H;1H2;1H4;/q;;;;-1;;/t16-,18+;15-,17+;11-,12+;;;;/m111..../s1. The number of H-pyrrole nitrogens is 1. The van der Waals surface area contributed by atoms with Gasteiger partial charge in [-0.2, -0.15) is 13.2 Å². The van der Waals surface area contributed by atoms with Crippen LogP contribution in [0.5, 0.6) is 0 Å². The number of carbonyl (C=O) groups excluding carboxylic acids is 2. The van der Waals surface area contributed by atoms with Gasteiger partial charge >= 0.3 is 18.2 Å². The molecule has 4 amide bonds. The topological polar surface area (TPSA) is 261 Å². The second-order valence-electron chi connectivity index (χ2n) is 23.5. The summed E-state index contributed by atoms with van der Waals surface area (Å²) in [4.78, 5) is 61.4. The quantitative estimate of drug-likeness (QED) is 0.0504.